The van der Waals surface area contributed by atoms with Crippen molar-refractivity contribution in [3.8, 4) is 0 Å². The number of fused-ring (bicyclic) bond motifs is 7. The summed E-state index contributed by atoms with van der Waals surface area (Å²) in [6.45, 7) is 0. The van der Waals surface area contributed by atoms with Crippen LogP contribution in [-0.4, -0.2) is 11.1 Å². The van der Waals surface area contributed by atoms with Gasteiger partial charge in [0.05, 0.1) is 0 Å². The van der Waals surface area contributed by atoms with Gasteiger partial charge in [0.15, 0.2) is 0 Å². The van der Waals surface area contributed by atoms with Crippen molar-refractivity contribution in [2.45, 2.75) is 83.5 Å². The van der Waals surface area contributed by atoms with Crippen LogP contribution in [0, 0.1) is 53.3 Å². The molecule has 25 heavy (non-hydrogen) atoms. The summed E-state index contributed by atoms with van der Waals surface area (Å²) in [5.41, 5.74) is 0. The number of rotatable bonds is 2. The monoisotopic (exact) mass is 344 g/mol. The van der Waals surface area contributed by atoms with E-state index in [9.17, 15) is 4.79 Å². The van der Waals surface area contributed by atoms with Crippen molar-refractivity contribution in [2.24, 2.45) is 53.3 Å². The molecule has 0 spiro atoms. The fourth-order valence-electron chi connectivity index (χ4n) is 8.88. The van der Waals surface area contributed by atoms with Crippen LogP contribution >= 0.6 is 0 Å². The molecule has 5 saturated carbocycles. The largest absolute Gasteiger partial charge is 0.481 e. The normalized spacial score (nSPS) is 51.8. The number of hydrogen-bond acceptors (Lipinski definition) is 1. The Balaban J connectivity index is 1.28. The SMILES string of the molecule is O=C(O)CC1CCC2C(CCC3C2CCC2C4CCCC4CCC23)C1. The third kappa shape index (κ3) is 2.86. The molecule has 0 amide bonds. The Morgan fingerprint density at radius 1 is 0.640 bits per heavy atom. The Hall–Kier alpha value is -0.530. The predicted octanol–water partition coefficient (Wildman–Crippen LogP) is 5.76. The Morgan fingerprint density at radius 2 is 1.20 bits per heavy atom. The Labute approximate surface area is 153 Å². The average Bonchev–Trinajstić information content (AvgIpc) is 3.09. The molecule has 0 heterocycles. The first kappa shape index (κ1) is 16.6. The van der Waals surface area contributed by atoms with Gasteiger partial charge in [-0.3, -0.25) is 4.79 Å². The topological polar surface area (TPSA) is 37.3 Å². The molecule has 0 bridgehead atoms. The number of hydrogen-bond donors (Lipinski definition) is 1. The van der Waals surface area contributed by atoms with Gasteiger partial charge in [0, 0.05) is 6.42 Å². The molecule has 9 atom stereocenters. The highest BCUT2D eigenvalue weighted by atomic mass is 16.4. The summed E-state index contributed by atoms with van der Waals surface area (Å²) in [5, 5.41) is 9.15. The van der Waals surface area contributed by atoms with E-state index in [-0.39, 0.29) is 0 Å². The van der Waals surface area contributed by atoms with Gasteiger partial charge in [0.25, 0.3) is 0 Å². The van der Waals surface area contributed by atoms with Crippen LogP contribution in [0.2, 0.25) is 0 Å². The molecule has 0 aromatic rings. The minimum Gasteiger partial charge on any atom is -0.481 e. The van der Waals surface area contributed by atoms with Crippen molar-refractivity contribution >= 4 is 5.97 Å². The maximum absolute atomic E-state index is 11.1. The molecule has 140 valence electrons. The molecule has 0 saturated heterocycles. The van der Waals surface area contributed by atoms with Crippen molar-refractivity contribution in [1.29, 1.82) is 0 Å². The predicted molar refractivity (Wildman–Crippen MR) is 99.1 cm³/mol. The van der Waals surface area contributed by atoms with E-state index >= 15 is 0 Å². The van der Waals surface area contributed by atoms with Crippen LogP contribution in [0.5, 0.6) is 0 Å². The zero-order chi connectivity index (χ0) is 17.0. The first-order chi connectivity index (χ1) is 12.2. The first-order valence-corrected chi connectivity index (χ1v) is 11.4. The average molecular weight is 345 g/mol. The van der Waals surface area contributed by atoms with Gasteiger partial charge >= 0.3 is 5.97 Å². The van der Waals surface area contributed by atoms with E-state index in [1.165, 1.54) is 57.8 Å². The van der Waals surface area contributed by atoms with E-state index in [2.05, 4.69) is 0 Å². The van der Waals surface area contributed by atoms with Crippen LogP contribution in [0.3, 0.4) is 0 Å². The molecule has 5 fully saturated rings. The van der Waals surface area contributed by atoms with Crippen LogP contribution in [-0.2, 0) is 4.79 Å². The van der Waals surface area contributed by atoms with Crippen LogP contribution in [0.4, 0.5) is 0 Å². The molecule has 5 rings (SSSR count). The van der Waals surface area contributed by atoms with Crippen molar-refractivity contribution in [3.63, 3.8) is 0 Å². The third-order valence-corrected chi connectivity index (χ3v) is 9.66. The highest BCUT2D eigenvalue weighted by Gasteiger charge is 2.52. The van der Waals surface area contributed by atoms with Crippen molar-refractivity contribution in [1.82, 2.24) is 0 Å². The molecule has 2 nitrogen and oxygen atoms in total. The Morgan fingerprint density at radius 3 is 1.92 bits per heavy atom. The van der Waals surface area contributed by atoms with E-state index in [1.807, 2.05) is 0 Å². The van der Waals surface area contributed by atoms with E-state index in [1.54, 1.807) is 19.3 Å². The van der Waals surface area contributed by atoms with Crippen LogP contribution in [0.25, 0.3) is 0 Å². The molecular weight excluding hydrogens is 308 g/mol. The molecule has 5 aliphatic rings. The van der Waals surface area contributed by atoms with E-state index in [0.29, 0.717) is 12.3 Å². The number of carbonyl (C=O) groups is 1. The minimum absolute atomic E-state index is 0.422. The number of aliphatic carboxylic acids is 1. The van der Waals surface area contributed by atoms with Gasteiger partial charge in [-0.2, -0.15) is 0 Å². The first-order valence-electron chi connectivity index (χ1n) is 11.4. The third-order valence-electron chi connectivity index (χ3n) is 9.66. The molecule has 0 aromatic carbocycles. The molecular formula is C23H36O2. The number of carboxylic acids is 1. The summed E-state index contributed by atoms with van der Waals surface area (Å²) in [4.78, 5) is 11.1. The Bertz CT molecular complexity index is 514. The second kappa shape index (κ2) is 6.57. The van der Waals surface area contributed by atoms with Gasteiger partial charge in [0.1, 0.15) is 0 Å². The standard InChI is InChI=1S/C23H36O2/c24-23(25)13-14-4-7-18-16(12-14)6-9-22-20(18)11-10-19-17-3-1-2-15(17)5-8-21(19)22/h14-22H,1-13H2,(H,24,25). The van der Waals surface area contributed by atoms with E-state index in [4.69, 9.17) is 5.11 Å². The lowest BCUT2D eigenvalue weighted by Gasteiger charge is -2.56. The molecule has 0 aliphatic heterocycles. The lowest BCUT2D eigenvalue weighted by molar-refractivity contribution is -0.139. The summed E-state index contributed by atoms with van der Waals surface area (Å²) >= 11 is 0. The summed E-state index contributed by atoms with van der Waals surface area (Å²) in [5.74, 6) is 8.10. The molecule has 9 unspecified atom stereocenters. The highest BCUT2D eigenvalue weighted by Crippen LogP contribution is 2.61. The maximum atomic E-state index is 11.1. The van der Waals surface area contributed by atoms with Gasteiger partial charge < -0.3 is 5.11 Å². The van der Waals surface area contributed by atoms with Gasteiger partial charge in [-0.05, 0) is 117 Å². The van der Waals surface area contributed by atoms with Crippen LogP contribution < -0.4 is 0 Å². The van der Waals surface area contributed by atoms with Crippen LogP contribution in [0.15, 0.2) is 0 Å². The molecule has 1 N–H and O–H groups in total. The second-order valence-electron chi connectivity index (χ2n) is 10.4. The maximum Gasteiger partial charge on any atom is 0.303 e. The molecule has 2 heteroatoms. The molecule has 5 aliphatic carbocycles. The van der Waals surface area contributed by atoms with Crippen molar-refractivity contribution in [2.75, 3.05) is 0 Å². The minimum atomic E-state index is -0.578. The van der Waals surface area contributed by atoms with Crippen LogP contribution in [0.1, 0.15) is 83.5 Å². The lowest BCUT2D eigenvalue weighted by atomic mass is 9.49. The lowest BCUT2D eigenvalue weighted by Crippen LogP contribution is -2.48. The zero-order valence-corrected chi connectivity index (χ0v) is 15.7. The highest BCUT2D eigenvalue weighted by molar-refractivity contribution is 5.67. The van der Waals surface area contributed by atoms with E-state index in [0.717, 1.165) is 47.3 Å². The summed E-state index contributed by atoms with van der Waals surface area (Å²) in [6, 6.07) is 0. The van der Waals surface area contributed by atoms with Gasteiger partial charge in [-0.1, -0.05) is 12.8 Å². The summed E-state index contributed by atoms with van der Waals surface area (Å²) in [6.07, 6.45) is 17.8. The zero-order valence-electron chi connectivity index (χ0n) is 15.7. The van der Waals surface area contributed by atoms with Gasteiger partial charge in [-0.15, -0.1) is 0 Å². The summed E-state index contributed by atoms with van der Waals surface area (Å²) < 4.78 is 0. The van der Waals surface area contributed by atoms with Crippen molar-refractivity contribution in [3.05, 3.63) is 0 Å². The van der Waals surface area contributed by atoms with Crippen molar-refractivity contribution < 1.29 is 9.90 Å². The molecule has 0 radical (unpaired) electrons. The van der Waals surface area contributed by atoms with Gasteiger partial charge in [0.2, 0.25) is 0 Å². The number of carboxylic acid groups (broad SMARTS) is 1. The smallest absolute Gasteiger partial charge is 0.303 e. The fourth-order valence-corrected chi connectivity index (χ4v) is 8.88. The quantitative estimate of drug-likeness (QED) is 0.692. The Kier molecular flexibility index (Phi) is 4.37. The van der Waals surface area contributed by atoms with Gasteiger partial charge in [-0.25, -0.2) is 0 Å². The van der Waals surface area contributed by atoms with E-state index < -0.39 is 5.97 Å². The summed E-state index contributed by atoms with van der Waals surface area (Å²) in [7, 11) is 0. The second-order valence-corrected chi connectivity index (χ2v) is 10.4. The molecule has 0 aromatic heterocycles. The fraction of sp³-hybridized carbons (Fsp3) is 0.957.